The highest BCUT2D eigenvalue weighted by Gasteiger charge is 2.14. The number of carbonyl (C=O) groups excluding carboxylic acids is 1. The van der Waals surface area contributed by atoms with Crippen molar-refractivity contribution in [2.24, 2.45) is 0 Å². The molecule has 1 amide bonds. The minimum atomic E-state index is -0.0532. The van der Waals surface area contributed by atoms with E-state index in [0.717, 1.165) is 12.2 Å². The molecule has 0 fully saturated rings. The van der Waals surface area contributed by atoms with Crippen molar-refractivity contribution in [2.45, 2.75) is 58.3 Å². The van der Waals surface area contributed by atoms with Crippen LogP contribution in [0.15, 0.2) is 35.9 Å². The van der Waals surface area contributed by atoms with Gasteiger partial charge in [0.05, 0.1) is 0 Å². The second kappa shape index (κ2) is 8.19. The summed E-state index contributed by atoms with van der Waals surface area (Å²) in [6.45, 7) is 7.28. The van der Waals surface area contributed by atoms with Gasteiger partial charge in [0.1, 0.15) is 5.75 Å². The van der Waals surface area contributed by atoms with Crippen molar-refractivity contribution >= 4 is 5.91 Å². The molecule has 1 aromatic carbocycles. The maximum atomic E-state index is 11.9. The summed E-state index contributed by atoms with van der Waals surface area (Å²) in [5.74, 6) is 0.699. The van der Waals surface area contributed by atoms with E-state index in [1.54, 1.807) is 0 Å². The Hall–Kier alpha value is -1.77. The lowest BCUT2D eigenvalue weighted by Gasteiger charge is -2.19. The first-order chi connectivity index (χ1) is 10.9. The van der Waals surface area contributed by atoms with E-state index in [1.807, 2.05) is 18.2 Å². The minimum Gasteiger partial charge on any atom is -0.484 e. The summed E-state index contributed by atoms with van der Waals surface area (Å²) in [6.07, 6.45) is 8.25. The van der Waals surface area contributed by atoms with Gasteiger partial charge in [-0.3, -0.25) is 4.79 Å². The van der Waals surface area contributed by atoms with Crippen LogP contribution in [0, 0.1) is 0 Å². The molecule has 3 heteroatoms. The molecule has 1 N–H and O–H groups in total. The highest BCUT2D eigenvalue weighted by molar-refractivity contribution is 5.77. The number of hydrogen-bond donors (Lipinski definition) is 1. The van der Waals surface area contributed by atoms with Crippen molar-refractivity contribution in [3.63, 3.8) is 0 Å². The monoisotopic (exact) mass is 315 g/mol. The van der Waals surface area contributed by atoms with Crippen LogP contribution in [0.3, 0.4) is 0 Å². The van der Waals surface area contributed by atoms with Gasteiger partial charge in [-0.05, 0) is 55.2 Å². The molecule has 0 aliphatic heterocycles. The molecule has 0 spiro atoms. The molecule has 1 aromatic rings. The van der Waals surface area contributed by atoms with Crippen molar-refractivity contribution in [2.75, 3.05) is 13.2 Å². The zero-order valence-electron chi connectivity index (χ0n) is 14.7. The number of allylic oxidation sites excluding steroid dienone is 1. The van der Waals surface area contributed by atoms with E-state index < -0.39 is 0 Å². The zero-order valence-corrected chi connectivity index (χ0v) is 14.7. The summed E-state index contributed by atoms with van der Waals surface area (Å²) < 4.78 is 5.62. The summed E-state index contributed by atoms with van der Waals surface area (Å²) in [4.78, 5) is 11.9. The van der Waals surface area contributed by atoms with E-state index in [9.17, 15) is 4.79 Å². The van der Waals surface area contributed by atoms with Crippen LogP contribution in [0.5, 0.6) is 5.75 Å². The Morgan fingerprint density at radius 2 is 2.09 bits per heavy atom. The fraction of sp³-hybridized carbons (Fsp3) is 0.550. The van der Waals surface area contributed by atoms with Crippen LogP contribution < -0.4 is 10.1 Å². The third-order valence-electron chi connectivity index (χ3n) is 4.22. The summed E-state index contributed by atoms with van der Waals surface area (Å²) in [7, 11) is 0. The molecule has 0 unspecified atom stereocenters. The highest BCUT2D eigenvalue weighted by Crippen LogP contribution is 2.25. The molecule has 1 aliphatic carbocycles. The quantitative estimate of drug-likeness (QED) is 0.792. The fourth-order valence-electron chi connectivity index (χ4n) is 2.75. The lowest BCUT2D eigenvalue weighted by atomic mass is 9.87. The van der Waals surface area contributed by atoms with E-state index in [-0.39, 0.29) is 17.9 Å². The minimum absolute atomic E-state index is 0.0532. The molecular weight excluding hydrogens is 286 g/mol. The van der Waals surface area contributed by atoms with Crippen molar-refractivity contribution in [1.82, 2.24) is 5.32 Å². The Labute approximate surface area is 140 Å². The van der Waals surface area contributed by atoms with Crippen LogP contribution in [-0.2, 0) is 10.2 Å². The second-order valence-electron chi connectivity index (χ2n) is 7.27. The van der Waals surface area contributed by atoms with E-state index in [0.29, 0.717) is 6.54 Å². The highest BCUT2D eigenvalue weighted by atomic mass is 16.5. The zero-order chi connectivity index (χ0) is 16.7. The van der Waals surface area contributed by atoms with Gasteiger partial charge < -0.3 is 10.1 Å². The molecule has 0 heterocycles. The molecule has 126 valence electrons. The van der Waals surface area contributed by atoms with Crippen molar-refractivity contribution in [1.29, 1.82) is 0 Å². The third kappa shape index (κ3) is 6.09. The Bertz CT molecular complexity index is 555. The van der Waals surface area contributed by atoms with Gasteiger partial charge in [0.25, 0.3) is 5.91 Å². The van der Waals surface area contributed by atoms with Crippen LogP contribution in [-0.4, -0.2) is 19.1 Å². The largest absolute Gasteiger partial charge is 0.484 e. The van der Waals surface area contributed by atoms with Crippen LogP contribution in [0.25, 0.3) is 0 Å². The number of benzene rings is 1. The first-order valence-electron chi connectivity index (χ1n) is 8.63. The number of rotatable bonds is 6. The smallest absolute Gasteiger partial charge is 0.257 e. The summed E-state index contributed by atoms with van der Waals surface area (Å²) >= 11 is 0. The molecule has 1 aliphatic rings. The molecule has 23 heavy (non-hydrogen) atoms. The van der Waals surface area contributed by atoms with Crippen molar-refractivity contribution in [3.05, 3.63) is 41.5 Å². The first-order valence-corrected chi connectivity index (χ1v) is 8.63. The SMILES string of the molecule is CC(C)(C)c1cccc(OCC(=O)NCCC2=CCCCC2)c1. The van der Waals surface area contributed by atoms with Crippen molar-refractivity contribution < 1.29 is 9.53 Å². The Morgan fingerprint density at radius 1 is 1.26 bits per heavy atom. The van der Waals surface area contributed by atoms with E-state index in [2.05, 4.69) is 38.2 Å². The predicted molar refractivity (Wildman–Crippen MR) is 94.8 cm³/mol. The van der Waals surface area contributed by atoms with E-state index >= 15 is 0 Å². The van der Waals surface area contributed by atoms with Crippen molar-refractivity contribution in [3.8, 4) is 5.75 Å². The van der Waals surface area contributed by atoms with Gasteiger partial charge in [0, 0.05) is 6.54 Å². The molecule has 0 saturated carbocycles. The number of ether oxygens (including phenoxy) is 1. The Morgan fingerprint density at radius 3 is 2.78 bits per heavy atom. The van der Waals surface area contributed by atoms with Gasteiger partial charge in [-0.15, -0.1) is 0 Å². The standard InChI is InChI=1S/C20H29NO2/c1-20(2,3)17-10-7-11-18(14-17)23-15-19(22)21-13-12-16-8-5-4-6-9-16/h7-8,10-11,14H,4-6,9,12-13,15H2,1-3H3,(H,21,22). The third-order valence-corrected chi connectivity index (χ3v) is 4.22. The molecular formula is C20H29NO2. The Kier molecular flexibility index (Phi) is 6.26. The van der Waals surface area contributed by atoms with Crippen LogP contribution >= 0.6 is 0 Å². The molecule has 0 aromatic heterocycles. The van der Waals surface area contributed by atoms with Gasteiger partial charge in [-0.25, -0.2) is 0 Å². The first kappa shape index (κ1) is 17.6. The Balaban J connectivity index is 1.73. The molecule has 3 nitrogen and oxygen atoms in total. The average molecular weight is 315 g/mol. The van der Waals surface area contributed by atoms with Gasteiger partial charge >= 0.3 is 0 Å². The summed E-state index contributed by atoms with van der Waals surface area (Å²) in [6, 6.07) is 7.98. The molecule has 0 bridgehead atoms. The maximum Gasteiger partial charge on any atom is 0.257 e. The molecule has 0 radical (unpaired) electrons. The van der Waals surface area contributed by atoms with Crippen LogP contribution in [0.4, 0.5) is 0 Å². The second-order valence-corrected chi connectivity index (χ2v) is 7.27. The van der Waals surface area contributed by atoms with Crippen LogP contribution in [0.2, 0.25) is 0 Å². The number of hydrogen-bond acceptors (Lipinski definition) is 2. The average Bonchev–Trinajstić information content (AvgIpc) is 2.53. The molecule has 0 saturated heterocycles. The lowest BCUT2D eigenvalue weighted by Crippen LogP contribution is -2.30. The van der Waals surface area contributed by atoms with Gasteiger partial charge in [-0.2, -0.15) is 0 Å². The number of amides is 1. The molecule has 0 atom stereocenters. The topological polar surface area (TPSA) is 38.3 Å². The van der Waals surface area contributed by atoms with E-state index in [4.69, 9.17) is 4.74 Å². The lowest BCUT2D eigenvalue weighted by molar-refractivity contribution is -0.123. The van der Waals surface area contributed by atoms with Crippen LogP contribution in [0.1, 0.15) is 58.4 Å². The predicted octanol–water partition coefficient (Wildman–Crippen LogP) is 4.37. The maximum absolute atomic E-state index is 11.9. The van der Waals surface area contributed by atoms with Gasteiger partial charge in [0.15, 0.2) is 6.61 Å². The number of nitrogens with one attached hydrogen (secondary N) is 1. The van der Waals surface area contributed by atoms with E-state index in [1.165, 1.54) is 36.8 Å². The molecule has 2 rings (SSSR count). The normalized spacial score (nSPS) is 15.0. The van der Waals surface area contributed by atoms with Gasteiger partial charge in [0.2, 0.25) is 0 Å². The summed E-state index contributed by atoms with van der Waals surface area (Å²) in [5, 5.41) is 2.94. The van der Waals surface area contributed by atoms with Gasteiger partial charge in [-0.1, -0.05) is 44.6 Å². The summed E-state index contributed by atoms with van der Waals surface area (Å²) in [5.41, 5.74) is 2.77. The number of carbonyl (C=O) groups is 1. The fourth-order valence-corrected chi connectivity index (χ4v) is 2.75.